The van der Waals surface area contributed by atoms with Crippen LogP contribution in [0.3, 0.4) is 0 Å². The van der Waals surface area contributed by atoms with Gasteiger partial charge in [0.1, 0.15) is 0 Å². The van der Waals surface area contributed by atoms with Crippen molar-refractivity contribution in [2.45, 2.75) is 51.8 Å². The van der Waals surface area contributed by atoms with E-state index in [0.29, 0.717) is 18.9 Å². The molecule has 0 unspecified atom stereocenters. The molecule has 0 fully saturated rings. The molecule has 8 nitrogen and oxygen atoms in total. The van der Waals surface area contributed by atoms with Gasteiger partial charge in [0.05, 0.1) is 23.9 Å². The van der Waals surface area contributed by atoms with Crippen LogP contribution in [0.4, 0.5) is 4.79 Å². The van der Waals surface area contributed by atoms with E-state index in [0.717, 1.165) is 30.3 Å². The molecule has 0 aliphatic rings. The van der Waals surface area contributed by atoms with E-state index in [-0.39, 0.29) is 12.5 Å². The van der Waals surface area contributed by atoms with Crippen LogP contribution in [0.15, 0.2) is 24.4 Å². The quantitative estimate of drug-likeness (QED) is 0.401. The number of methoxy groups -OCH3 is 1. The number of hydrogen-bond acceptors (Lipinski definition) is 5. The number of nitrogens with two attached hydrogens (primary N) is 1. The van der Waals surface area contributed by atoms with Crippen molar-refractivity contribution in [2.24, 2.45) is 17.6 Å². The summed E-state index contributed by atoms with van der Waals surface area (Å²) in [5.74, 6) is 0.510. The summed E-state index contributed by atoms with van der Waals surface area (Å²) in [6, 6.07) is 5.73. The molecule has 5 N–H and O–H groups in total. The van der Waals surface area contributed by atoms with Crippen molar-refractivity contribution in [3.63, 3.8) is 0 Å². The van der Waals surface area contributed by atoms with Gasteiger partial charge >= 0.3 is 6.09 Å². The van der Waals surface area contributed by atoms with Crippen LogP contribution in [0.5, 0.6) is 0 Å². The van der Waals surface area contributed by atoms with Gasteiger partial charge in [-0.15, -0.1) is 0 Å². The van der Waals surface area contributed by atoms with Gasteiger partial charge in [-0.3, -0.25) is 4.68 Å². The monoisotopic (exact) mass is 406 g/mol. The number of aliphatic hydroxyl groups is 1. The number of ether oxygens (including phenoxy) is 1. The van der Waals surface area contributed by atoms with Crippen molar-refractivity contribution >= 4 is 17.0 Å². The van der Waals surface area contributed by atoms with E-state index in [1.165, 1.54) is 5.56 Å². The summed E-state index contributed by atoms with van der Waals surface area (Å²) in [6.07, 6.45) is 2.02. The Balaban J connectivity index is 2.17. The Labute approximate surface area is 172 Å². The van der Waals surface area contributed by atoms with Crippen LogP contribution < -0.4 is 11.1 Å². The molecule has 2 rings (SSSR count). The molecule has 0 saturated carbocycles. The maximum absolute atomic E-state index is 11.1. The molecule has 0 aliphatic heterocycles. The predicted octanol–water partition coefficient (Wildman–Crippen LogP) is 2.23. The van der Waals surface area contributed by atoms with Crippen LogP contribution in [0, 0.1) is 11.8 Å². The summed E-state index contributed by atoms with van der Waals surface area (Å²) in [7, 11) is 1.69. The van der Waals surface area contributed by atoms with Crippen LogP contribution in [0.2, 0.25) is 0 Å². The van der Waals surface area contributed by atoms with Gasteiger partial charge in [0.2, 0.25) is 0 Å². The minimum atomic E-state index is -1.15. The lowest BCUT2D eigenvalue weighted by Crippen LogP contribution is -2.47. The molecule has 1 heterocycles. The summed E-state index contributed by atoms with van der Waals surface area (Å²) >= 11 is 0. The second-order valence-electron chi connectivity index (χ2n) is 7.91. The number of fused-ring (bicyclic) bond motifs is 1. The van der Waals surface area contributed by atoms with Crippen molar-refractivity contribution < 1.29 is 19.7 Å². The number of aromatic nitrogens is 2. The first-order valence-corrected chi connectivity index (χ1v) is 10.2. The molecule has 0 saturated heterocycles. The molecule has 8 heteroatoms. The Morgan fingerprint density at radius 1 is 1.38 bits per heavy atom. The largest absolute Gasteiger partial charge is 0.465 e. The summed E-state index contributed by atoms with van der Waals surface area (Å²) in [6.45, 7) is 5.73. The van der Waals surface area contributed by atoms with Gasteiger partial charge in [0, 0.05) is 32.2 Å². The fourth-order valence-electron chi connectivity index (χ4n) is 3.64. The van der Waals surface area contributed by atoms with Gasteiger partial charge in [0.25, 0.3) is 0 Å². The van der Waals surface area contributed by atoms with E-state index in [2.05, 4.69) is 42.5 Å². The maximum atomic E-state index is 11.1. The highest BCUT2D eigenvalue weighted by atomic mass is 16.5. The molecule has 29 heavy (non-hydrogen) atoms. The van der Waals surface area contributed by atoms with Crippen molar-refractivity contribution in [1.82, 2.24) is 15.1 Å². The fourth-order valence-corrected chi connectivity index (χ4v) is 3.64. The van der Waals surface area contributed by atoms with Gasteiger partial charge in [-0.25, -0.2) is 4.79 Å². The topological polar surface area (TPSA) is 123 Å². The molecule has 0 spiro atoms. The molecule has 1 aromatic heterocycles. The van der Waals surface area contributed by atoms with Gasteiger partial charge in [0.15, 0.2) is 0 Å². The van der Waals surface area contributed by atoms with E-state index in [9.17, 15) is 9.90 Å². The molecule has 0 radical (unpaired) electrons. The number of carbonyl (C=O) groups is 1. The van der Waals surface area contributed by atoms with Crippen LogP contribution >= 0.6 is 0 Å². The summed E-state index contributed by atoms with van der Waals surface area (Å²) < 4.78 is 7.12. The molecule has 1 amide bonds. The van der Waals surface area contributed by atoms with Gasteiger partial charge in [-0.1, -0.05) is 26.0 Å². The van der Waals surface area contributed by atoms with Crippen LogP contribution in [-0.4, -0.2) is 58.5 Å². The molecule has 0 aliphatic carbocycles. The first-order valence-electron chi connectivity index (χ1n) is 10.2. The highest BCUT2D eigenvalue weighted by Gasteiger charge is 2.26. The average molecular weight is 407 g/mol. The SMILES string of the molecule is COCCCn1ncc2ccc(C[C@H](C[C@H](NC(=O)O)[C@H](O)CN)C(C)C)cc21. The average Bonchev–Trinajstić information content (AvgIpc) is 3.08. The Hall–Kier alpha value is -2.16. The van der Waals surface area contributed by atoms with E-state index < -0.39 is 18.2 Å². The third-order valence-corrected chi connectivity index (χ3v) is 5.44. The molecular formula is C21H34N4O4. The van der Waals surface area contributed by atoms with Gasteiger partial charge in [-0.2, -0.15) is 5.10 Å². The van der Waals surface area contributed by atoms with E-state index in [1.54, 1.807) is 7.11 Å². The zero-order chi connectivity index (χ0) is 21.4. The molecule has 1 aromatic carbocycles. The van der Waals surface area contributed by atoms with Crippen LogP contribution in [-0.2, 0) is 17.7 Å². The zero-order valence-corrected chi connectivity index (χ0v) is 17.5. The zero-order valence-electron chi connectivity index (χ0n) is 17.5. The van der Waals surface area contributed by atoms with Crippen molar-refractivity contribution in [3.05, 3.63) is 30.0 Å². The number of carboxylic acid groups (broad SMARTS) is 1. The minimum absolute atomic E-state index is 0.0163. The van der Waals surface area contributed by atoms with Gasteiger partial charge < -0.3 is 26.0 Å². The van der Waals surface area contributed by atoms with Crippen molar-refractivity contribution in [3.8, 4) is 0 Å². The van der Waals surface area contributed by atoms with E-state index in [1.807, 2.05) is 10.9 Å². The Morgan fingerprint density at radius 2 is 2.14 bits per heavy atom. The Morgan fingerprint density at radius 3 is 2.76 bits per heavy atom. The standard InChI is InChI=1S/C21H34N4O4/c1-14(2)17(11-18(20(26)12-22)24-21(27)28)9-15-5-6-16-13-23-25(19(16)10-15)7-4-8-29-3/h5-6,10,13-14,17-18,20,24,26H,4,7-9,11-12,22H2,1-3H3,(H,27,28)/t17-,18+,20-/m1/s1. The minimum Gasteiger partial charge on any atom is -0.465 e. The molecule has 0 bridgehead atoms. The third-order valence-electron chi connectivity index (χ3n) is 5.44. The van der Waals surface area contributed by atoms with Gasteiger partial charge in [-0.05, 0) is 42.7 Å². The fraction of sp³-hybridized carbons (Fsp3) is 0.619. The molecular weight excluding hydrogens is 372 g/mol. The third kappa shape index (κ3) is 6.69. The molecule has 3 atom stereocenters. The summed E-state index contributed by atoms with van der Waals surface area (Å²) in [4.78, 5) is 11.1. The first kappa shape index (κ1) is 23.1. The predicted molar refractivity (Wildman–Crippen MR) is 113 cm³/mol. The number of aliphatic hydroxyl groups excluding tert-OH is 1. The Kier molecular flexibility index (Phi) is 8.88. The summed E-state index contributed by atoms with van der Waals surface area (Å²) in [5.41, 5.74) is 7.82. The van der Waals surface area contributed by atoms with Crippen molar-refractivity contribution in [2.75, 3.05) is 20.3 Å². The van der Waals surface area contributed by atoms with E-state index in [4.69, 9.17) is 15.6 Å². The number of amides is 1. The smallest absolute Gasteiger partial charge is 0.404 e. The van der Waals surface area contributed by atoms with Crippen LogP contribution in [0.1, 0.15) is 32.3 Å². The van der Waals surface area contributed by atoms with Crippen molar-refractivity contribution in [1.29, 1.82) is 0 Å². The van der Waals surface area contributed by atoms with Crippen LogP contribution in [0.25, 0.3) is 10.9 Å². The lowest BCUT2D eigenvalue weighted by atomic mass is 9.83. The second-order valence-corrected chi connectivity index (χ2v) is 7.91. The van der Waals surface area contributed by atoms with E-state index >= 15 is 0 Å². The maximum Gasteiger partial charge on any atom is 0.404 e. The molecule has 2 aromatic rings. The number of nitrogens with one attached hydrogen (secondary N) is 1. The number of nitrogens with zero attached hydrogens (tertiary/aromatic N) is 2. The number of aryl methyl sites for hydroxylation is 1. The number of rotatable bonds is 12. The summed E-state index contributed by atoms with van der Waals surface area (Å²) in [5, 5.41) is 27.2. The molecule has 162 valence electrons. The first-order chi connectivity index (χ1) is 13.8. The normalized spacial score (nSPS) is 14.8. The highest BCUT2D eigenvalue weighted by Crippen LogP contribution is 2.25. The lowest BCUT2D eigenvalue weighted by molar-refractivity contribution is 0.108. The Bertz CT molecular complexity index is 777. The lowest BCUT2D eigenvalue weighted by Gasteiger charge is -2.29. The second kappa shape index (κ2) is 11.1. The highest BCUT2D eigenvalue weighted by molar-refractivity contribution is 5.79. The number of benzene rings is 1. The number of hydrogen-bond donors (Lipinski definition) is 4.